The molecule has 1 atom stereocenters. The lowest BCUT2D eigenvalue weighted by molar-refractivity contribution is 0.0714. The van der Waals surface area contributed by atoms with E-state index >= 15 is 0 Å². The van der Waals surface area contributed by atoms with E-state index in [-0.39, 0.29) is 17.1 Å². The fraction of sp³-hybridized carbons (Fsp3) is 0.185. The Labute approximate surface area is 180 Å². The average molecular weight is 409 g/mol. The van der Waals surface area contributed by atoms with E-state index in [9.17, 15) is 9.59 Å². The Balaban J connectivity index is 1.70. The van der Waals surface area contributed by atoms with E-state index in [0.717, 1.165) is 11.1 Å². The van der Waals surface area contributed by atoms with Crippen LogP contribution in [0.4, 0.5) is 0 Å². The summed E-state index contributed by atoms with van der Waals surface area (Å²) in [6.45, 7) is 4.69. The first-order valence-electron chi connectivity index (χ1n) is 10.5. The minimum Gasteiger partial charge on any atom is -0.450 e. The molecule has 1 aliphatic rings. The molecule has 5 rings (SSSR count). The summed E-state index contributed by atoms with van der Waals surface area (Å²) < 4.78 is 5.99. The third-order valence-electron chi connectivity index (χ3n) is 5.99. The second-order valence-electron chi connectivity index (χ2n) is 8.31. The summed E-state index contributed by atoms with van der Waals surface area (Å²) in [5.74, 6) is 0.304. The van der Waals surface area contributed by atoms with Crippen molar-refractivity contribution < 1.29 is 9.21 Å². The molecular formula is C27H23NO3. The van der Waals surface area contributed by atoms with Gasteiger partial charge in [-0.15, -0.1) is 0 Å². The van der Waals surface area contributed by atoms with Gasteiger partial charge in [0.25, 0.3) is 5.91 Å². The largest absolute Gasteiger partial charge is 0.450 e. The van der Waals surface area contributed by atoms with E-state index in [1.807, 2.05) is 48.5 Å². The summed E-state index contributed by atoms with van der Waals surface area (Å²) in [5.41, 5.74) is 3.86. The second-order valence-corrected chi connectivity index (χ2v) is 8.31. The van der Waals surface area contributed by atoms with Crippen molar-refractivity contribution in [1.82, 2.24) is 4.90 Å². The Morgan fingerprint density at radius 3 is 2.26 bits per heavy atom. The Kier molecular flexibility index (Phi) is 4.70. The van der Waals surface area contributed by atoms with E-state index in [1.165, 1.54) is 5.56 Å². The van der Waals surface area contributed by atoms with Crippen LogP contribution in [0.5, 0.6) is 0 Å². The van der Waals surface area contributed by atoms with Gasteiger partial charge in [0.2, 0.25) is 5.76 Å². The maximum absolute atomic E-state index is 13.5. The minimum absolute atomic E-state index is 0.140. The molecule has 4 nitrogen and oxygen atoms in total. The number of rotatable bonds is 4. The van der Waals surface area contributed by atoms with Gasteiger partial charge in [0.1, 0.15) is 5.58 Å². The third-order valence-corrected chi connectivity index (χ3v) is 5.99. The van der Waals surface area contributed by atoms with E-state index < -0.39 is 6.04 Å². The molecule has 0 radical (unpaired) electrons. The van der Waals surface area contributed by atoms with Gasteiger partial charge in [0, 0.05) is 6.54 Å². The Bertz CT molecular complexity index is 1320. The summed E-state index contributed by atoms with van der Waals surface area (Å²) in [4.78, 5) is 28.7. The first-order chi connectivity index (χ1) is 15.0. The van der Waals surface area contributed by atoms with Crippen LogP contribution in [0.15, 0.2) is 88.1 Å². The summed E-state index contributed by atoms with van der Waals surface area (Å²) in [6, 6.07) is 24.6. The van der Waals surface area contributed by atoms with Crippen LogP contribution in [0.25, 0.3) is 11.0 Å². The average Bonchev–Trinajstić information content (AvgIpc) is 3.06. The summed E-state index contributed by atoms with van der Waals surface area (Å²) in [5, 5.41) is 0.499. The van der Waals surface area contributed by atoms with Crippen LogP contribution >= 0.6 is 0 Å². The van der Waals surface area contributed by atoms with Gasteiger partial charge in [0.05, 0.1) is 17.0 Å². The van der Waals surface area contributed by atoms with Gasteiger partial charge in [0.15, 0.2) is 5.43 Å². The molecule has 1 aliphatic heterocycles. The molecule has 1 amide bonds. The molecule has 1 aromatic heterocycles. The molecule has 154 valence electrons. The Morgan fingerprint density at radius 2 is 1.55 bits per heavy atom. The maximum atomic E-state index is 13.5. The van der Waals surface area contributed by atoms with Crippen LogP contribution in [-0.2, 0) is 6.54 Å². The molecule has 4 aromatic rings. The molecule has 0 bridgehead atoms. The van der Waals surface area contributed by atoms with Crippen LogP contribution in [0, 0.1) is 0 Å². The topological polar surface area (TPSA) is 50.5 Å². The van der Waals surface area contributed by atoms with Crippen LogP contribution in [0.2, 0.25) is 0 Å². The third kappa shape index (κ3) is 3.25. The standard InChI is InChI=1S/C27H23NO3/c1-17(2)19-12-14-20(15-13-19)24-23-25(29)21-10-6-7-11-22(21)31-26(23)27(30)28(24)16-18-8-4-3-5-9-18/h3-15,17,24H,16H2,1-2H3. The number of fused-ring (bicyclic) bond motifs is 2. The lowest BCUT2D eigenvalue weighted by Crippen LogP contribution is -2.29. The molecule has 2 heterocycles. The zero-order valence-electron chi connectivity index (χ0n) is 17.5. The number of amides is 1. The van der Waals surface area contributed by atoms with Crippen molar-refractivity contribution in [3.63, 3.8) is 0 Å². The summed E-state index contributed by atoms with van der Waals surface area (Å²) in [7, 11) is 0. The minimum atomic E-state index is -0.482. The molecule has 0 saturated heterocycles. The first kappa shape index (κ1) is 19.3. The molecule has 0 N–H and O–H groups in total. The number of carbonyl (C=O) groups excluding carboxylic acids is 1. The number of hydrogen-bond acceptors (Lipinski definition) is 3. The van der Waals surface area contributed by atoms with E-state index in [2.05, 4.69) is 26.0 Å². The van der Waals surface area contributed by atoms with Crippen molar-refractivity contribution >= 4 is 16.9 Å². The molecule has 31 heavy (non-hydrogen) atoms. The van der Waals surface area contributed by atoms with Crippen LogP contribution in [0.1, 0.15) is 58.6 Å². The van der Waals surface area contributed by atoms with E-state index in [0.29, 0.717) is 29.0 Å². The molecule has 3 aromatic carbocycles. The highest BCUT2D eigenvalue weighted by atomic mass is 16.3. The highest BCUT2D eigenvalue weighted by molar-refractivity contribution is 5.99. The second kappa shape index (κ2) is 7.55. The molecule has 0 fully saturated rings. The van der Waals surface area contributed by atoms with Crippen LogP contribution in [0.3, 0.4) is 0 Å². The zero-order chi connectivity index (χ0) is 21.5. The predicted molar refractivity (Wildman–Crippen MR) is 121 cm³/mol. The van der Waals surface area contributed by atoms with Crippen LogP contribution in [-0.4, -0.2) is 10.8 Å². The quantitative estimate of drug-likeness (QED) is 0.437. The van der Waals surface area contributed by atoms with Crippen molar-refractivity contribution in [2.45, 2.75) is 32.4 Å². The molecule has 0 spiro atoms. The van der Waals surface area contributed by atoms with Gasteiger partial charge in [-0.1, -0.05) is 80.6 Å². The highest BCUT2D eigenvalue weighted by Crippen LogP contribution is 2.39. The molecule has 4 heteroatoms. The fourth-order valence-corrected chi connectivity index (χ4v) is 4.32. The van der Waals surface area contributed by atoms with E-state index in [1.54, 1.807) is 23.1 Å². The number of para-hydroxylation sites is 1. The van der Waals surface area contributed by atoms with Crippen LogP contribution < -0.4 is 5.43 Å². The van der Waals surface area contributed by atoms with Gasteiger partial charge in [-0.05, 0) is 34.7 Å². The molecule has 1 unspecified atom stereocenters. The summed E-state index contributed by atoms with van der Waals surface area (Å²) >= 11 is 0. The SMILES string of the molecule is CC(C)c1ccc(C2c3c(oc4ccccc4c3=O)C(=O)N2Cc2ccccc2)cc1. The normalized spacial score (nSPS) is 15.6. The smallest absolute Gasteiger partial charge is 0.291 e. The van der Waals surface area contributed by atoms with Gasteiger partial charge in [-0.25, -0.2) is 0 Å². The monoisotopic (exact) mass is 409 g/mol. The Hall–Kier alpha value is -3.66. The Morgan fingerprint density at radius 1 is 0.871 bits per heavy atom. The highest BCUT2D eigenvalue weighted by Gasteiger charge is 2.42. The first-order valence-corrected chi connectivity index (χ1v) is 10.5. The fourth-order valence-electron chi connectivity index (χ4n) is 4.32. The zero-order valence-corrected chi connectivity index (χ0v) is 17.5. The van der Waals surface area contributed by atoms with Crippen molar-refractivity contribution in [1.29, 1.82) is 0 Å². The number of hydrogen-bond donors (Lipinski definition) is 0. The lowest BCUT2D eigenvalue weighted by Gasteiger charge is -2.25. The van der Waals surface area contributed by atoms with Gasteiger partial charge in [-0.2, -0.15) is 0 Å². The molecule has 0 aliphatic carbocycles. The van der Waals surface area contributed by atoms with Crippen molar-refractivity contribution in [3.8, 4) is 0 Å². The van der Waals surface area contributed by atoms with Crippen molar-refractivity contribution in [2.24, 2.45) is 0 Å². The molecular weight excluding hydrogens is 386 g/mol. The van der Waals surface area contributed by atoms with Gasteiger partial charge < -0.3 is 9.32 Å². The van der Waals surface area contributed by atoms with Crippen molar-refractivity contribution in [2.75, 3.05) is 0 Å². The number of nitrogens with zero attached hydrogens (tertiary/aromatic N) is 1. The maximum Gasteiger partial charge on any atom is 0.291 e. The van der Waals surface area contributed by atoms with E-state index in [4.69, 9.17) is 4.42 Å². The van der Waals surface area contributed by atoms with Crippen molar-refractivity contribution in [3.05, 3.63) is 117 Å². The number of benzene rings is 3. The molecule has 0 saturated carbocycles. The number of carbonyl (C=O) groups is 1. The lowest BCUT2D eigenvalue weighted by atomic mass is 9.95. The van der Waals surface area contributed by atoms with Gasteiger partial charge >= 0.3 is 0 Å². The predicted octanol–water partition coefficient (Wildman–Crippen LogP) is 5.66. The van der Waals surface area contributed by atoms with Gasteiger partial charge in [-0.3, -0.25) is 9.59 Å². The summed E-state index contributed by atoms with van der Waals surface area (Å²) in [6.07, 6.45) is 0.